The fourth-order valence-electron chi connectivity index (χ4n) is 3.45. The highest BCUT2D eigenvalue weighted by Crippen LogP contribution is 2.26. The first kappa shape index (κ1) is 24.3. The number of aromatic amines is 1. The molecule has 2 heterocycles. The van der Waals surface area contributed by atoms with Crippen LogP contribution in [-0.4, -0.2) is 65.7 Å². The van der Waals surface area contributed by atoms with E-state index in [0.29, 0.717) is 5.01 Å². The van der Waals surface area contributed by atoms with Crippen molar-refractivity contribution < 1.29 is 44.4 Å². The maximum absolute atomic E-state index is 13.1. The van der Waals surface area contributed by atoms with Crippen molar-refractivity contribution in [3.8, 4) is 5.69 Å². The lowest BCUT2D eigenvalue weighted by molar-refractivity contribution is -0.129. The molecule has 0 fully saturated rings. The Morgan fingerprint density at radius 3 is 1.70 bits per heavy atom. The van der Waals surface area contributed by atoms with Crippen LogP contribution in [0.1, 0.15) is 36.8 Å². The van der Waals surface area contributed by atoms with Crippen molar-refractivity contribution in [2.75, 3.05) is 5.01 Å². The zero-order chi connectivity index (χ0) is 27.0. The molecule has 14 nitrogen and oxygen atoms in total. The van der Waals surface area contributed by atoms with Crippen molar-refractivity contribution in [2.45, 2.75) is 0 Å². The summed E-state index contributed by atoms with van der Waals surface area (Å²) in [5, 5.41) is 44.0. The number of carboxylic acids is 4. The molecule has 14 heteroatoms. The van der Waals surface area contributed by atoms with E-state index in [1.165, 1.54) is 48.5 Å². The minimum Gasteiger partial charge on any atom is -0.478 e. The summed E-state index contributed by atoms with van der Waals surface area (Å²) in [4.78, 5) is 71.9. The molecule has 0 aliphatic carbocycles. The standard InChI is InChI=1S/C23H14N4O10/c28-18-14(16(22(34)35)24-26(18)12-5-1-10(2-6-12)20(30)31)9-15-17(23(36)37)25-27(19(15)29)13-7-3-11(4-8-13)21(32)33/h1-9,24H,(H,30,31)(H,32,33)(H,34,35)(H,36,37). The van der Waals surface area contributed by atoms with Gasteiger partial charge in [0.2, 0.25) is 0 Å². The summed E-state index contributed by atoms with van der Waals surface area (Å²) >= 11 is 0. The van der Waals surface area contributed by atoms with E-state index in [1.54, 1.807) is 0 Å². The number of H-pyrrole nitrogens is 1. The molecule has 5 N–H and O–H groups in total. The lowest BCUT2D eigenvalue weighted by atomic mass is 10.1. The van der Waals surface area contributed by atoms with Crippen molar-refractivity contribution in [3.05, 3.63) is 86.8 Å². The quantitative estimate of drug-likeness (QED) is 0.287. The third-order valence-corrected chi connectivity index (χ3v) is 5.24. The number of hydrogen-bond acceptors (Lipinski definition) is 7. The number of nitrogens with one attached hydrogen (secondary N) is 1. The Balaban J connectivity index is 1.81. The highest BCUT2D eigenvalue weighted by atomic mass is 16.4. The second-order valence-electron chi connectivity index (χ2n) is 7.48. The third kappa shape index (κ3) is 4.37. The summed E-state index contributed by atoms with van der Waals surface area (Å²) in [6, 6.07) is 9.66. The van der Waals surface area contributed by atoms with Crippen LogP contribution in [-0.2, 0) is 9.59 Å². The molecular formula is C23H14N4O10. The summed E-state index contributed by atoms with van der Waals surface area (Å²) in [7, 11) is 0. The summed E-state index contributed by atoms with van der Waals surface area (Å²) < 4.78 is 0.793. The predicted octanol–water partition coefficient (Wildman–Crippen LogP) is 1.13. The molecular weight excluding hydrogens is 492 g/mol. The molecule has 4 rings (SSSR count). The topological polar surface area (TPSA) is 220 Å². The Labute approximate surface area is 204 Å². The molecule has 37 heavy (non-hydrogen) atoms. The second kappa shape index (κ2) is 9.10. The van der Waals surface area contributed by atoms with Gasteiger partial charge in [-0.25, -0.2) is 23.9 Å². The maximum atomic E-state index is 13.1. The van der Waals surface area contributed by atoms with Crippen LogP contribution in [0.5, 0.6) is 0 Å². The molecule has 0 spiro atoms. The molecule has 1 aliphatic heterocycles. The number of nitrogens with zero attached hydrogens (tertiary/aromatic N) is 3. The number of carboxylic acid groups (broad SMARTS) is 4. The molecule has 3 aromatic rings. The van der Waals surface area contributed by atoms with Crippen LogP contribution in [0, 0.1) is 0 Å². The fourth-order valence-corrected chi connectivity index (χ4v) is 3.45. The van der Waals surface area contributed by atoms with Crippen LogP contribution >= 0.6 is 0 Å². The number of carbonyl (C=O) groups excluding carboxylic acids is 1. The summed E-state index contributed by atoms with van der Waals surface area (Å²) in [5.74, 6) is -6.68. The number of aromatic carboxylic acids is 3. The Bertz CT molecular complexity index is 1610. The number of anilines is 1. The maximum Gasteiger partial charge on any atom is 0.357 e. The SMILES string of the molecule is O=C(O)C1=NN(c2ccc(C(=O)O)cc2)C(=O)C1=Cc1c(C(=O)O)[nH]n(-c2ccc(C(=O)O)cc2)c1=O. The van der Waals surface area contributed by atoms with Crippen molar-refractivity contribution >= 4 is 47.3 Å². The van der Waals surface area contributed by atoms with Crippen molar-refractivity contribution in [2.24, 2.45) is 5.10 Å². The monoisotopic (exact) mass is 506 g/mol. The lowest BCUT2D eigenvalue weighted by Crippen LogP contribution is -2.23. The summed E-state index contributed by atoms with van der Waals surface area (Å²) in [5.41, 5.74) is -3.63. The molecule has 0 saturated heterocycles. The molecule has 0 saturated carbocycles. The van der Waals surface area contributed by atoms with Gasteiger partial charge >= 0.3 is 23.9 Å². The number of carbonyl (C=O) groups is 5. The number of benzene rings is 2. The normalized spacial score (nSPS) is 14.1. The van der Waals surface area contributed by atoms with Gasteiger partial charge in [-0.1, -0.05) is 0 Å². The first-order valence-corrected chi connectivity index (χ1v) is 10.1. The van der Waals surface area contributed by atoms with Crippen LogP contribution in [0.15, 0.2) is 64.0 Å². The summed E-state index contributed by atoms with van der Waals surface area (Å²) in [6.07, 6.45) is 0.783. The van der Waals surface area contributed by atoms with Gasteiger partial charge in [-0.15, -0.1) is 0 Å². The Morgan fingerprint density at radius 2 is 1.24 bits per heavy atom. The zero-order valence-electron chi connectivity index (χ0n) is 18.3. The van der Waals surface area contributed by atoms with Gasteiger partial charge in [0.25, 0.3) is 11.5 Å². The van der Waals surface area contributed by atoms with Gasteiger partial charge in [0.1, 0.15) is 0 Å². The molecule has 1 amide bonds. The number of hydrogen-bond donors (Lipinski definition) is 5. The van der Waals surface area contributed by atoms with Gasteiger partial charge < -0.3 is 20.4 Å². The van der Waals surface area contributed by atoms with Crippen LogP contribution in [0.25, 0.3) is 11.8 Å². The number of aliphatic carboxylic acids is 1. The summed E-state index contributed by atoms with van der Waals surface area (Å²) in [6.45, 7) is 0. The Kier molecular flexibility index (Phi) is 5.99. The van der Waals surface area contributed by atoms with E-state index in [2.05, 4.69) is 10.2 Å². The Hall–Kier alpha value is -5.79. The molecule has 0 unspecified atom stereocenters. The number of rotatable bonds is 7. The van der Waals surface area contributed by atoms with Gasteiger partial charge in [0.15, 0.2) is 11.4 Å². The van der Waals surface area contributed by atoms with E-state index >= 15 is 0 Å². The first-order chi connectivity index (χ1) is 17.5. The van der Waals surface area contributed by atoms with Gasteiger partial charge in [-0.2, -0.15) is 10.1 Å². The van der Waals surface area contributed by atoms with E-state index in [9.17, 15) is 39.0 Å². The van der Waals surface area contributed by atoms with E-state index in [4.69, 9.17) is 10.2 Å². The molecule has 0 radical (unpaired) electrons. The first-order valence-electron chi connectivity index (χ1n) is 10.1. The van der Waals surface area contributed by atoms with Crippen LogP contribution in [0.3, 0.4) is 0 Å². The molecule has 0 bridgehead atoms. The second-order valence-corrected chi connectivity index (χ2v) is 7.48. The zero-order valence-corrected chi connectivity index (χ0v) is 18.3. The molecule has 1 aromatic heterocycles. The molecule has 1 aliphatic rings. The van der Waals surface area contributed by atoms with Crippen LogP contribution in [0.4, 0.5) is 5.69 Å². The van der Waals surface area contributed by atoms with Crippen LogP contribution < -0.4 is 10.6 Å². The highest BCUT2D eigenvalue weighted by Gasteiger charge is 2.36. The molecule has 0 atom stereocenters. The van der Waals surface area contributed by atoms with Gasteiger partial charge in [0, 0.05) is 0 Å². The van der Waals surface area contributed by atoms with E-state index in [0.717, 1.165) is 10.8 Å². The average Bonchev–Trinajstić information content (AvgIpc) is 3.36. The van der Waals surface area contributed by atoms with Gasteiger partial charge in [-0.05, 0) is 54.6 Å². The minimum absolute atomic E-state index is 0.0283. The smallest absolute Gasteiger partial charge is 0.357 e. The van der Waals surface area contributed by atoms with Gasteiger partial charge in [-0.3, -0.25) is 14.7 Å². The number of aromatic nitrogens is 2. The molecule has 2 aromatic carbocycles. The largest absolute Gasteiger partial charge is 0.478 e. The number of amides is 1. The van der Waals surface area contributed by atoms with Crippen molar-refractivity contribution in [3.63, 3.8) is 0 Å². The van der Waals surface area contributed by atoms with Crippen molar-refractivity contribution in [1.82, 2.24) is 9.78 Å². The van der Waals surface area contributed by atoms with E-state index < -0.39 is 57.9 Å². The van der Waals surface area contributed by atoms with Gasteiger partial charge in [0.05, 0.1) is 33.6 Å². The minimum atomic E-state index is -1.64. The van der Waals surface area contributed by atoms with Crippen molar-refractivity contribution in [1.29, 1.82) is 0 Å². The number of hydrazone groups is 1. The highest BCUT2D eigenvalue weighted by molar-refractivity contribution is 6.53. The predicted molar refractivity (Wildman–Crippen MR) is 124 cm³/mol. The lowest BCUT2D eigenvalue weighted by Gasteiger charge is -2.11. The Morgan fingerprint density at radius 1 is 0.730 bits per heavy atom. The molecule has 186 valence electrons. The van der Waals surface area contributed by atoms with E-state index in [1.807, 2.05) is 0 Å². The average molecular weight is 506 g/mol. The third-order valence-electron chi connectivity index (χ3n) is 5.24. The van der Waals surface area contributed by atoms with E-state index in [-0.39, 0.29) is 22.5 Å². The van der Waals surface area contributed by atoms with Crippen LogP contribution in [0.2, 0.25) is 0 Å². The fraction of sp³-hybridized carbons (Fsp3) is 0.